The molecule has 3 aromatic carbocycles. The molecule has 49 heavy (non-hydrogen) atoms. The molecule has 1 N–H and O–H groups in total. The van der Waals surface area contributed by atoms with E-state index in [9.17, 15) is 9.90 Å². The number of ether oxygens (including phenoxy) is 3. The van der Waals surface area contributed by atoms with E-state index in [1.165, 1.54) is 34.0 Å². The molecule has 5 rings (SSSR count). The molecule has 0 amide bonds. The average molecular weight is 745 g/mol. The summed E-state index contributed by atoms with van der Waals surface area (Å²) in [4.78, 5) is 30.8. The van der Waals surface area contributed by atoms with Gasteiger partial charge in [-0.05, 0) is 62.4 Å². The van der Waals surface area contributed by atoms with Crippen LogP contribution < -0.4 is 0 Å². The second kappa shape index (κ2) is 33.4. The molecule has 2 heterocycles. The lowest BCUT2D eigenvalue weighted by Crippen LogP contribution is -2.06. The summed E-state index contributed by atoms with van der Waals surface area (Å²) in [7, 11) is 1.28. The second-order valence-corrected chi connectivity index (χ2v) is 13.0. The quantitative estimate of drug-likeness (QED) is 0.0523. The van der Waals surface area contributed by atoms with Crippen LogP contribution >= 0.6 is 46.9 Å². The highest BCUT2D eigenvalue weighted by Crippen LogP contribution is 2.22. The van der Waals surface area contributed by atoms with Crippen molar-refractivity contribution in [1.29, 1.82) is 0 Å². The van der Waals surface area contributed by atoms with Crippen LogP contribution in [0.1, 0.15) is 26.2 Å². The molecule has 0 aromatic heterocycles. The SMILES string of the molecule is C#CC.COC(=O)C#CCC(O)CCSc1ccccc1.CSc1ccccc1.ClCC1CO1.O=C=O.c1ccc(SCCC2CO2)cc1. The van der Waals surface area contributed by atoms with Crippen LogP contribution in [0.2, 0.25) is 0 Å². The van der Waals surface area contributed by atoms with Gasteiger partial charge >= 0.3 is 12.1 Å². The van der Waals surface area contributed by atoms with Gasteiger partial charge in [0.1, 0.15) is 0 Å². The summed E-state index contributed by atoms with van der Waals surface area (Å²) in [5.41, 5.74) is 0. The topological polar surface area (TPSA) is 106 Å². The number of terminal acetylenes is 1. The number of hydrogen-bond acceptors (Lipinski definition) is 10. The number of halogens is 1. The predicted octanol–water partition coefficient (Wildman–Crippen LogP) is 7.75. The Kier molecular flexibility index (Phi) is 31.2. The Labute approximate surface area is 309 Å². The van der Waals surface area contributed by atoms with Crippen molar-refractivity contribution in [2.24, 2.45) is 0 Å². The molecule has 2 aliphatic heterocycles. The molecule has 0 spiro atoms. The van der Waals surface area contributed by atoms with Crippen molar-refractivity contribution in [2.75, 3.05) is 44.0 Å². The number of esters is 1. The van der Waals surface area contributed by atoms with Gasteiger partial charge in [0.05, 0.1) is 44.5 Å². The van der Waals surface area contributed by atoms with Crippen LogP contribution in [0, 0.1) is 24.2 Å². The van der Waals surface area contributed by atoms with E-state index in [1.807, 2.05) is 66.4 Å². The molecule has 264 valence electrons. The number of rotatable bonds is 11. The normalized spacial score (nSPS) is 14.5. The highest BCUT2D eigenvalue weighted by molar-refractivity contribution is 7.99. The van der Waals surface area contributed by atoms with E-state index < -0.39 is 12.1 Å². The second-order valence-electron chi connectivity index (χ2n) is 9.51. The average Bonchev–Trinajstić information content (AvgIpc) is 4.07. The lowest BCUT2D eigenvalue weighted by atomic mass is 10.2. The lowest BCUT2D eigenvalue weighted by Gasteiger charge is -2.06. The van der Waals surface area contributed by atoms with E-state index in [-0.39, 0.29) is 6.15 Å². The van der Waals surface area contributed by atoms with Crippen molar-refractivity contribution in [1.82, 2.24) is 0 Å². The third-order valence-electron chi connectivity index (χ3n) is 5.58. The smallest absolute Gasteiger partial charge is 0.384 e. The Hall–Kier alpha value is -3.15. The molecule has 2 fully saturated rings. The summed E-state index contributed by atoms with van der Waals surface area (Å²) >= 11 is 10.6. The maximum absolute atomic E-state index is 10.7. The van der Waals surface area contributed by atoms with Gasteiger partial charge in [0, 0.05) is 38.5 Å². The summed E-state index contributed by atoms with van der Waals surface area (Å²) in [6, 6.07) is 30.9. The van der Waals surface area contributed by atoms with Gasteiger partial charge in [0.15, 0.2) is 0 Å². The molecular weight excluding hydrogens is 700 g/mol. The van der Waals surface area contributed by atoms with Crippen LogP contribution in [0.25, 0.3) is 0 Å². The van der Waals surface area contributed by atoms with Gasteiger partial charge in [-0.3, -0.25) is 0 Å². The molecule has 0 radical (unpaired) electrons. The van der Waals surface area contributed by atoms with Crippen molar-refractivity contribution in [2.45, 2.75) is 59.2 Å². The number of aliphatic hydroxyl groups is 1. The predicted molar refractivity (Wildman–Crippen MR) is 202 cm³/mol. The summed E-state index contributed by atoms with van der Waals surface area (Å²) in [5, 5.41) is 9.64. The number of thioether (sulfide) groups is 3. The largest absolute Gasteiger partial charge is 0.459 e. The van der Waals surface area contributed by atoms with Gasteiger partial charge in [-0.25, -0.2) is 4.79 Å². The molecule has 2 saturated heterocycles. The van der Waals surface area contributed by atoms with Crippen LogP contribution in [0.5, 0.6) is 0 Å². The molecular formula is C38H45ClO7S3. The van der Waals surface area contributed by atoms with Crippen LogP contribution in [-0.2, 0) is 28.6 Å². The zero-order valence-corrected chi connectivity index (χ0v) is 31.3. The first kappa shape index (κ1) is 45.9. The van der Waals surface area contributed by atoms with Crippen molar-refractivity contribution >= 4 is 59.0 Å². The van der Waals surface area contributed by atoms with Crippen molar-refractivity contribution < 1.29 is 33.7 Å². The summed E-state index contributed by atoms with van der Waals surface area (Å²) in [6.07, 6.45) is 9.53. The summed E-state index contributed by atoms with van der Waals surface area (Å²) < 4.78 is 14.2. The van der Waals surface area contributed by atoms with Crippen LogP contribution in [0.15, 0.2) is 106 Å². The molecule has 3 atom stereocenters. The number of benzene rings is 3. The fourth-order valence-corrected chi connectivity index (χ4v) is 5.55. The van der Waals surface area contributed by atoms with E-state index in [2.05, 4.69) is 71.6 Å². The first-order chi connectivity index (χ1) is 23.9. The number of epoxide rings is 2. The standard InChI is InChI=1S/C14H16O3S.C10H12OS.C7H8S.C3H5ClO.C3H4.CO2/c1-17-14(16)9-5-6-12(15)10-11-18-13-7-3-2-4-8-13;1-2-4-10(5-3-1)12-7-6-9-8-11-9;1-8-7-5-3-2-4-6-7;4-1-3-2-5-3;1-3-2;2-1-3/h2-4,7-8,12,15H,6,10-11H2,1H3;1-5,9H,6-8H2;2-6H,1H3;3H,1-2H2;1H,2H3;. The maximum Gasteiger partial charge on any atom is 0.384 e. The van der Waals surface area contributed by atoms with E-state index in [0.29, 0.717) is 30.9 Å². The molecule has 0 saturated carbocycles. The number of carbonyl (C=O) groups excluding carboxylic acids is 3. The van der Waals surface area contributed by atoms with Crippen LogP contribution in [-0.4, -0.2) is 79.5 Å². The number of aliphatic hydroxyl groups excluding tert-OH is 1. The minimum Gasteiger partial charge on any atom is -0.459 e. The zero-order chi connectivity index (χ0) is 36.4. The Morgan fingerprint density at radius 3 is 1.67 bits per heavy atom. The first-order valence-corrected chi connectivity index (χ1v) is 19.0. The molecule has 7 nitrogen and oxygen atoms in total. The highest BCUT2D eigenvalue weighted by Gasteiger charge is 2.21. The van der Waals surface area contributed by atoms with Crippen molar-refractivity contribution in [3.63, 3.8) is 0 Å². The molecule has 0 aliphatic carbocycles. The third kappa shape index (κ3) is 31.8. The Balaban J connectivity index is 0.000000637. The van der Waals surface area contributed by atoms with E-state index in [0.717, 1.165) is 19.0 Å². The van der Waals surface area contributed by atoms with Crippen LogP contribution in [0.3, 0.4) is 0 Å². The van der Waals surface area contributed by atoms with Gasteiger partial charge in [-0.2, -0.15) is 9.59 Å². The van der Waals surface area contributed by atoms with E-state index >= 15 is 0 Å². The van der Waals surface area contributed by atoms with Gasteiger partial charge in [0.25, 0.3) is 0 Å². The van der Waals surface area contributed by atoms with Gasteiger partial charge < -0.3 is 19.3 Å². The van der Waals surface area contributed by atoms with E-state index in [4.69, 9.17) is 30.7 Å². The first-order valence-electron chi connectivity index (χ1n) is 15.2. The number of hydrogen-bond donors (Lipinski definition) is 1. The monoisotopic (exact) mass is 744 g/mol. The van der Waals surface area contributed by atoms with Crippen molar-refractivity contribution in [3.8, 4) is 24.2 Å². The molecule has 3 aromatic rings. The Morgan fingerprint density at radius 2 is 1.33 bits per heavy atom. The minimum atomic E-state index is -0.569. The maximum atomic E-state index is 10.7. The summed E-state index contributed by atoms with van der Waals surface area (Å²) in [6.45, 7) is 3.51. The van der Waals surface area contributed by atoms with Gasteiger partial charge in [0.2, 0.25) is 0 Å². The highest BCUT2D eigenvalue weighted by atomic mass is 35.5. The number of carbonyl (C=O) groups is 1. The molecule has 11 heteroatoms. The Bertz CT molecular complexity index is 1350. The third-order valence-corrected chi connectivity index (χ3v) is 8.76. The molecule has 2 aliphatic rings. The fourth-order valence-electron chi connectivity index (χ4n) is 3.00. The van der Waals surface area contributed by atoms with Gasteiger partial charge in [-0.15, -0.1) is 59.2 Å². The lowest BCUT2D eigenvalue weighted by molar-refractivity contribution is -0.191. The van der Waals surface area contributed by atoms with E-state index in [1.54, 1.807) is 30.4 Å². The number of alkyl halides is 1. The summed E-state index contributed by atoms with van der Waals surface area (Å²) in [5.74, 6) is 9.24. The fraction of sp³-hybridized carbons (Fsp3) is 0.368. The molecule has 3 unspecified atom stereocenters. The van der Waals surface area contributed by atoms with Crippen molar-refractivity contribution in [3.05, 3.63) is 91.0 Å². The zero-order valence-electron chi connectivity index (χ0n) is 28.1. The minimum absolute atomic E-state index is 0.250. The molecule has 0 bridgehead atoms. The van der Waals surface area contributed by atoms with Gasteiger partial charge in [-0.1, -0.05) is 60.5 Å². The number of methoxy groups -OCH3 is 1. The Morgan fingerprint density at radius 1 is 0.898 bits per heavy atom. The van der Waals surface area contributed by atoms with Crippen LogP contribution in [0.4, 0.5) is 0 Å².